The van der Waals surface area contributed by atoms with Gasteiger partial charge in [-0.3, -0.25) is 0 Å². The van der Waals surface area contributed by atoms with Gasteiger partial charge in [-0.2, -0.15) is 0 Å². The van der Waals surface area contributed by atoms with Gasteiger partial charge in [-0.15, -0.1) is 0 Å². The Balaban J connectivity index is 2.28. The van der Waals surface area contributed by atoms with Crippen LogP contribution in [0.25, 0.3) is 0 Å². The average Bonchev–Trinajstić information content (AvgIpc) is 2.39. The molecule has 0 aromatic heterocycles. The molecule has 0 aliphatic carbocycles. The summed E-state index contributed by atoms with van der Waals surface area (Å²) < 4.78 is 5.27. The number of ether oxygens (including phenoxy) is 1. The summed E-state index contributed by atoms with van der Waals surface area (Å²) >= 11 is 0. The normalized spacial score (nSPS) is 25.9. The van der Waals surface area contributed by atoms with Crippen LogP contribution >= 0.6 is 0 Å². The van der Waals surface area contributed by atoms with E-state index in [1.165, 1.54) is 6.42 Å². The Morgan fingerprint density at radius 3 is 2.73 bits per heavy atom. The predicted molar refractivity (Wildman–Crippen MR) is 44.4 cm³/mol. The first-order chi connectivity index (χ1) is 5.14. The number of aliphatic hydroxyl groups is 1. The Kier molecular flexibility index (Phi) is 2.90. The van der Waals surface area contributed by atoms with Gasteiger partial charge in [0.2, 0.25) is 0 Å². The molecule has 0 amide bonds. The van der Waals surface area contributed by atoms with Gasteiger partial charge in [-0.05, 0) is 24.2 Å². The minimum absolute atomic E-state index is 0.0817. The lowest BCUT2D eigenvalue weighted by Gasteiger charge is -2.24. The highest BCUT2D eigenvalue weighted by molar-refractivity contribution is 4.74. The number of hydrogen-bond donors (Lipinski definition) is 1. The van der Waals surface area contributed by atoms with Crippen LogP contribution < -0.4 is 0 Å². The lowest BCUT2D eigenvalue weighted by molar-refractivity contribution is 0.119. The largest absolute Gasteiger partial charge is 0.396 e. The fourth-order valence-electron chi connectivity index (χ4n) is 1.59. The quantitative estimate of drug-likeness (QED) is 0.673. The lowest BCUT2D eigenvalue weighted by Crippen LogP contribution is -2.21. The molecular weight excluding hydrogens is 140 g/mol. The van der Waals surface area contributed by atoms with Crippen molar-refractivity contribution in [2.24, 2.45) is 11.3 Å². The first-order valence-corrected chi connectivity index (χ1v) is 4.33. The third-order valence-electron chi connectivity index (χ3n) is 2.29. The van der Waals surface area contributed by atoms with Crippen molar-refractivity contribution in [2.75, 3.05) is 19.8 Å². The molecule has 0 radical (unpaired) electrons. The molecule has 0 aromatic carbocycles. The molecule has 0 aromatic rings. The van der Waals surface area contributed by atoms with E-state index >= 15 is 0 Å². The molecule has 2 nitrogen and oxygen atoms in total. The lowest BCUT2D eigenvalue weighted by atomic mass is 9.83. The van der Waals surface area contributed by atoms with Crippen LogP contribution in [-0.2, 0) is 4.74 Å². The van der Waals surface area contributed by atoms with E-state index in [9.17, 15) is 0 Å². The van der Waals surface area contributed by atoms with Crippen molar-refractivity contribution >= 4 is 0 Å². The Hall–Kier alpha value is -0.0800. The molecule has 1 aliphatic rings. The molecule has 11 heavy (non-hydrogen) atoms. The van der Waals surface area contributed by atoms with Crippen molar-refractivity contribution in [3.8, 4) is 0 Å². The molecule has 0 bridgehead atoms. The molecule has 1 aliphatic heterocycles. The van der Waals surface area contributed by atoms with Gasteiger partial charge in [-0.1, -0.05) is 13.8 Å². The molecule has 2 heteroatoms. The van der Waals surface area contributed by atoms with Crippen molar-refractivity contribution in [1.82, 2.24) is 0 Å². The number of hydrogen-bond acceptors (Lipinski definition) is 2. The minimum atomic E-state index is 0.0817. The third-order valence-corrected chi connectivity index (χ3v) is 2.29. The fourth-order valence-corrected chi connectivity index (χ4v) is 1.59. The standard InChI is InChI=1S/C9H18O2/c1-9(2,7-10)5-8-3-4-11-6-8/h8,10H,3-7H2,1-2H3/t8-/m1/s1. The summed E-state index contributed by atoms with van der Waals surface area (Å²) in [4.78, 5) is 0. The van der Waals surface area contributed by atoms with E-state index in [0.29, 0.717) is 5.92 Å². The Morgan fingerprint density at radius 1 is 1.55 bits per heavy atom. The zero-order valence-corrected chi connectivity index (χ0v) is 7.47. The summed E-state index contributed by atoms with van der Waals surface area (Å²) in [6.07, 6.45) is 2.26. The van der Waals surface area contributed by atoms with Crippen LogP contribution in [-0.4, -0.2) is 24.9 Å². The summed E-state index contributed by atoms with van der Waals surface area (Å²) in [7, 11) is 0. The average molecular weight is 158 g/mol. The second-order valence-electron chi connectivity index (χ2n) is 4.26. The molecule has 1 rings (SSSR count). The molecule has 0 unspecified atom stereocenters. The van der Waals surface area contributed by atoms with Gasteiger partial charge in [0.25, 0.3) is 0 Å². The van der Waals surface area contributed by atoms with E-state index in [0.717, 1.165) is 19.6 Å². The maximum Gasteiger partial charge on any atom is 0.0495 e. The van der Waals surface area contributed by atoms with E-state index < -0.39 is 0 Å². The summed E-state index contributed by atoms with van der Waals surface area (Å²) in [5.74, 6) is 0.678. The Morgan fingerprint density at radius 2 is 2.27 bits per heavy atom. The maximum absolute atomic E-state index is 9.01. The predicted octanol–water partition coefficient (Wildman–Crippen LogP) is 1.43. The smallest absolute Gasteiger partial charge is 0.0495 e. The summed E-state index contributed by atoms with van der Waals surface area (Å²) in [6.45, 7) is 6.29. The third kappa shape index (κ3) is 2.80. The van der Waals surface area contributed by atoms with Crippen molar-refractivity contribution in [2.45, 2.75) is 26.7 Å². The zero-order valence-electron chi connectivity index (χ0n) is 7.47. The second-order valence-corrected chi connectivity index (χ2v) is 4.26. The molecule has 0 saturated carbocycles. The number of rotatable bonds is 3. The van der Waals surface area contributed by atoms with Crippen LogP contribution in [0.2, 0.25) is 0 Å². The molecule has 0 spiro atoms. The van der Waals surface area contributed by atoms with Crippen molar-refractivity contribution in [1.29, 1.82) is 0 Å². The minimum Gasteiger partial charge on any atom is -0.396 e. The molecule has 1 fully saturated rings. The Labute approximate surface area is 68.6 Å². The fraction of sp³-hybridized carbons (Fsp3) is 1.00. The van der Waals surface area contributed by atoms with Crippen LogP contribution in [0.3, 0.4) is 0 Å². The van der Waals surface area contributed by atoms with Crippen LogP contribution in [0, 0.1) is 11.3 Å². The monoisotopic (exact) mass is 158 g/mol. The van der Waals surface area contributed by atoms with Gasteiger partial charge < -0.3 is 9.84 Å². The van der Waals surface area contributed by atoms with E-state index in [-0.39, 0.29) is 12.0 Å². The van der Waals surface area contributed by atoms with E-state index in [1.54, 1.807) is 0 Å². The highest BCUT2D eigenvalue weighted by Gasteiger charge is 2.25. The van der Waals surface area contributed by atoms with Crippen LogP contribution in [0.4, 0.5) is 0 Å². The van der Waals surface area contributed by atoms with Gasteiger partial charge in [0.05, 0.1) is 0 Å². The highest BCUT2D eigenvalue weighted by atomic mass is 16.5. The first-order valence-electron chi connectivity index (χ1n) is 4.33. The van der Waals surface area contributed by atoms with Gasteiger partial charge in [0.15, 0.2) is 0 Å². The molecule has 66 valence electrons. The Bertz CT molecular complexity index is 115. The SMILES string of the molecule is CC(C)(CO)C[C@H]1CCOC1. The number of aliphatic hydroxyl groups excluding tert-OH is 1. The molecule has 1 N–H and O–H groups in total. The van der Waals surface area contributed by atoms with Gasteiger partial charge in [0.1, 0.15) is 0 Å². The highest BCUT2D eigenvalue weighted by Crippen LogP contribution is 2.29. The van der Waals surface area contributed by atoms with Gasteiger partial charge >= 0.3 is 0 Å². The van der Waals surface area contributed by atoms with Crippen molar-refractivity contribution in [3.63, 3.8) is 0 Å². The topological polar surface area (TPSA) is 29.5 Å². The van der Waals surface area contributed by atoms with Crippen molar-refractivity contribution < 1.29 is 9.84 Å². The molecule has 1 saturated heterocycles. The summed E-state index contributed by atoms with van der Waals surface area (Å²) in [5.41, 5.74) is 0.0817. The van der Waals surface area contributed by atoms with Crippen LogP contribution in [0.1, 0.15) is 26.7 Å². The van der Waals surface area contributed by atoms with Gasteiger partial charge in [0, 0.05) is 19.8 Å². The van der Waals surface area contributed by atoms with E-state index in [1.807, 2.05) is 0 Å². The summed E-state index contributed by atoms with van der Waals surface area (Å²) in [5, 5.41) is 9.01. The van der Waals surface area contributed by atoms with Crippen molar-refractivity contribution in [3.05, 3.63) is 0 Å². The van der Waals surface area contributed by atoms with E-state index in [4.69, 9.17) is 9.84 Å². The second kappa shape index (κ2) is 3.55. The molecular formula is C9H18O2. The zero-order chi connectivity index (χ0) is 8.32. The first kappa shape index (κ1) is 9.01. The van der Waals surface area contributed by atoms with Crippen LogP contribution in [0.15, 0.2) is 0 Å². The molecule has 1 atom stereocenters. The maximum atomic E-state index is 9.01. The van der Waals surface area contributed by atoms with E-state index in [2.05, 4.69) is 13.8 Å². The van der Waals surface area contributed by atoms with Crippen LogP contribution in [0.5, 0.6) is 0 Å². The van der Waals surface area contributed by atoms with Gasteiger partial charge in [-0.25, -0.2) is 0 Å². The summed E-state index contributed by atoms with van der Waals surface area (Å²) in [6, 6.07) is 0. The molecule has 1 heterocycles.